The number of ether oxygens (including phenoxy) is 1. The van der Waals surface area contributed by atoms with Crippen LogP contribution in [0.5, 0.6) is 5.75 Å². The van der Waals surface area contributed by atoms with Crippen LogP contribution in [0.15, 0.2) is 47.6 Å². The first kappa shape index (κ1) is 18.3. The van der Waals surface area contributed by atoms with Gasteiger partial charge in [0.05, 0.1) is 49.3 Å². The summed E-state index contributed by atoms with van der Waals surface area (Å²) in [5.41, 5.74) is 2.82. The molecule has 2 aromatic carbocycles. The topological polar surface area (TPSA) is 29.3 Å². The van der Waals surface area contributed by atoms with Gasteiger partial charge >= 0.3 is 0 Å². The quantitative estimate of drug-likeness (QED) is 0.803. The summed E-state index contributed by atoms with van der Waals surface area (Å²) in [7, 11) is 0. The van der Waals surface area contributed by atoms with Crippen LogP contribution in [-0.4, -0.2) is 36.1 Å². The van der Waals surface area contributed by atoms with Gasteiger partial charge in [0, 0.05) is 22.6 Å². The SMILES string of the molecule is CC[NH+]1CCC2(CC1)Oc1ccccc1[C@H]1CC(c3ccc(Cl)cc3Cl)=NN12. The van der Waals surface area contributed by atoms with Crippen molar-refractivity contribution in [1.82, 2.24) is 5.01 Å². The zero-order chi connectivity index (χ0) is 19.3. The molecule has 1 N–H and O–H groups in total. The molecular formula is C22H24Cl2N3O+. The van der Waals surface area contributed by atoms with Crippen molar-refractivity contribution < 1.29 is 9.64 Å². The molecule has 0 unspecified atom stereocenters. The third kappa shape index (κ3) is 2.90. The van der Waals surface area contributed by atoms with Crippen LogP contribution in [0.1, 0.15) is 43.4 Å². The van der Waals surface area contributed by atoms with E-state index in [-0.39, 0.29) is 11.8 Å². The molecule has 0 aliphatic carbocycles. The molecule has 3 aliphatic rings. The molecule has 1 spiro atoms. The van der Waals surface area contributed by atoms with Crippen molar-refractivity contribution in [2.45, 2.75) is 38.0 Å². The molecule has 5 rings (SSSR count). The largest absolute Gasteiger partial charge is 0.466 e. The lowest BCUT2D eigenvalue weighted by molar-refractivity contribution is -0.906. The maximum Gasteiger partial charge on any atom is 0.208 e. The number of nitrogens with one attached hydrogen (secondary N) is 1. The van der Waals surface area contributed by atoms with E-state index >= 15 is 0 Å². The van der Waals surface area contributed by atoms with Crippen LogP contribution < -0.4 is 9.64 Å². The molecule has 3 heterocycles. The monoisotopic (exact) mass is 416 g/mol. The maximum atomic E-state index is 6.65. The summed E-state index contributed by atoms with van der Waals surface area (Å²) in [6.45, 7) is 5.62. The fourth-order valence-electron chi connectivity index (χ4n) is 4.79. The van der Waals surface area contributed by atoms with Gasteiger partial charge < -0.3 is 9.64 Å². The van der Waals surface area contributed by atoms with Gasteiger partial charge in [-0.1, -0.05) is 47.5 Å². The van der Waals surface area contributed by atoms with E-state index in [2.05, 4.69) is 36.2 Å². The predicted octanol–water partition coefficient (Wildman–Crippen LogP) is 3.93. The standard InChI is InChI=1S/C22H23Cl2N3O/c1-2-26-11-9-22(10-12-26)27-20(17-5-3-4-6-21(17)28-22)14-19(25-27)16-8-7-15(23)13-18(16)24/h3-8,13,20H,2,9-12,14H2,1H3/p+1/t20-/m1/s1. The summed E-state index contributed by atoms with van der Waals surface area (Å²) in [6, 6.07) is 14.2. The fraction of sp³-hybridized carbons (Fsp3) is 0.409. The highest BCUT2D eigenvalue weighted by Gasteiger charge is 2.52. The van der Waals surface area contributed by atoms with Crippen LogP contribution in [0.3, 0.4) is 0 Å². The van der Waals surface area contributed by atoms with Crippen LogP contribution in [0.25, 0.3) is 0 Å². The van der Waals surface area contributed by atoms with E-state index < -0.39 is 0 Å². The minimum absolute atomic E-state index is 0.190. The van der Waals surface area contributed by atoms with Crippen molar-refractivity contribution >= 4 is 28.9 Å². The minimum Gasteiger partial charge on any atom is -0.466 e. The average Bonchev–Trinajstić information content (AvgIpc) is 3.15. The van der Waals surface area contributed by atoms with Gasteiger partial charge in [-0.05, 0) is 25.1 Å². The third-order valence-corrected chi connectivity index (χ3v) is 6.93. The third-order valence-electron chi connectivity index (χ3n) is 6.39. The fourth-order valence-corrected chi connectivity index (χ4v) is 5.31. The molecule has 0 bridgehead atoms. The lowest BCUT2D eigenvalue weighted by Gasteiger charge is -2.50. The molecule has 2 aromatic rings. The Morgan fingerprint density at radius 2 is 1.96 bits per heavy atom. The molecule has 0 saturated carbocycles. The normalized spacial score (nSPS) is 28.5. The number of fused-ring (bicyclic) bond motifs is 4. The van der Waals surface area contributed by atoms with Crippen LogP contribution in [0.4, 0.5) is 0 Å². The molecule has 1 fully saturated rings. The van der Waals surface area contributed by atoms with E-state index in [0.29, 0.717) is 10.0 Å². The molecule has 4 nitrogen and oxygen atoms in total. The van der Waals surface area contributed by atoms with Crippen molar-refractivity contribution in [3.8, 4) is 5.75 Å². The number of halogens is 2. The van der Waals surface area contributed by atoms with E-state index in [1.807, 2.05) is 12.1 Å². The average molecular weight is 417 g/mol. The lowest BCUT2D eigenvalue weighted by atomic mass is 9.90. The molecular weight excluding hydrogens is 393 g/mol. The van der Waals surface area contributed by atoms with Gasteiger partial charge in [0.25, 0.3) is 0 Å². The summed E-state index contributed by atoms with van der Waals surface area (Å²) in [6.07, 6.45) is 2.78. The molecule has 3 aliphatic heterocycles. The summed E-state index contributed by atoms with van der Waals surface area (Å²) in [4.78, 5) is 1.63. The number of para-hydroxylation sites is 1. The molecule has 1 atom stereocenters. The van der Waals surface area contributed by atoms with Crippen LogP contribution in [0.2, 0.25) is 10.0 Å². The highest BCUT2D eigenvalue weighted by molar-refractivity contribution is 6.37. The first-order valence-electron chi connectivity index (χ1n) is 10.0. The van der Waals surface area contributed by atoms with Gasteiger partial charge in [0.15, 0.2) is 0 Å². The van der Waals surface area contributed by atoms with Crippen molar-refractivity contribution in [3.63, 3.8) is 0 Å². The minimum atomic E-state index is -0.363. The van der Waals surface area contributed by atoms with Crippen molar-refractivity contribution in [2.24, 2.45) is 5.10 Å². The second-order valence-electron chi connectivity index (χ2n) is 7.92. The first-order valence-corrected chi connectivity index (χ1v) is 10.8. The van der Waals surface area contributed by atoms with Gasteiger partial charge in [-0.3, -0.25) is 0 Å². The zero-order valence-electron chi connectivity index (χ0n) is 15.9. The van der Waals surface area contributed by atoms with Crippen LogP contribution >= 0.6 is 23.2 Å². The Balaban J connectivity index is 1.56. The van der Waals surface area contributed by atoms with Crippen LogP contribution in [0, 0.1) is 0 Å². The molecule has 1 saturated heterocycles. The second-order valence-corrected chi connectivity index (χ2v) is 8.77. The maximum absolute atomic E-state index is 6.65. The van der Waals surface area contributed by atoms with Gasteiger partial charge in [-0.15, -0.1) is 0 Å². The number of piperidine rings is 1. The Morgan fingerprint density at radius 3 is 2.71 bits per heavy atom. The number of hydrogen-bond donors (Lipinski definition) is 1. The summed E-state index contributed by atoms with van der Waals surface area (Å²) >= 11 is 12.6. The lowest BCUT2D eigenvalue weighted by Crippen LogP contribution is -3.13. The van der Waals surface area contributed by atoms with Gasteiger partial charge in [0.1, 0.15) is 5.75 Å². The van der Waals surface area contributed by atoms with Crippen molar-refractivity contribution in [2.75, 3.05) is 19.6 Å². The van der Waals surface area contributed by atoms with Gasteiger partial charge in [-0.25, -0.2) is 5.01 Å². The zero-order valence-corrected chi connectivity index (χ0v) is 17.4. The van der Waals surface area contributed by atoms with Crippen molar-refractivity contribution in [3.05, 3.63) is 63.6 Å². The van der Waals surface area contributed by atoms with Gasteiger partial charge in [0.2, 0.25) is 5.72 Å². The Morgan fingerprint density at radius 1 is 1.18 bits per heavy atom. The number of hydrazone groups is 1. The Kier molecular flexibility index (Phi) is 4.53. The van der Waals surface area contributed by atoms with Crippen LogP contribution in [-0.2, 0) is 0 Å². The van der Waals surface area contributed by atoms with E-state index in [1.165, 1.54) is 5.56 Å². The predicted molar refractivity (Wildman–Crippen MR) is 112 cm³/mol. The smallest absolute Gasteiger partial charge is 0.208 e. The highest BCUT2D eigenvalue weighted by Crippen LogP contribution is 2.49. The van der Waals surface area contributed by atoms with Gasteiger partial charge in [-0.2, -0.15) is 5.10 Å². The molecule has 6 heteroatoms. The Hall–Kier alpha value is -1.75. The van der Waals surface area contributed by atoms with Crippen molar-refractivity contribution in [1.29, 1.82) is 0 Å². The molecule has 146 valence electrons. The van der Waals surface area contributed by atoms with E-state index in [0.717, 1.165) is 55.9 Å². The second kappa shape index (κ2) is 6.94. The first-order chi connectivity index (χ1) is 13.6. The number of benzene rings is 2. The summed E-state index contributed by atoms with van der Waals surface area (Å²) < 4.78 is 6.65. The molecule has 0 amide bonds. The summed E-state index contributed by atoms with van der Waals surface area (Å²) in [5.74, 6) is 1.00. The number of likely N-dealkylation sites (tertiary alicyclic amines) is 1. The number of hydrogen-bond acceptors (Lipinski definition) is 3. The Labute approximate surface area is 175 Å². The molecule has 28 heavy (non-hydrogen) atoms. The number of quaternary nitrogens is 1. The number of rotatable bonds is 2. The summed E-state index contributed by atoms with van der Waals surface area (Å²) in [5, 5.41) is 8.62. The van der Waals surface area contributed by atoms with E-state index in [4.69, 9.17) is 33.0 Å². The number of nitrogens with zero attached hydrogens (tertiary/aromatic N) is 2. The molecule has 0 aromatic heterocycles. The van der Waals surface area contributed by atoms with E-state index in [9.17, 15) is 0 Å². The highest BCUT2D eigenvalue weighted by atomic mass is 35.5. The van der Waals surface area contributed by atoms with E-state index in [1.54, 1.807) is 11.0 Å². The molecule has 0 radical (unpaired) electrons. The Bertz CT molecular complexity index is 937.